The Labute approximate surface area is 107 Å². The van der Waals surface area contributed by atoms with Gasteiger partial charge >= 0.3 is 0 Å². The molecule has 15 heavy (non-hydrogen) atoms. The van der Waals surface area contributed by atoms with Crippen molar-refractivity contribution in [3.63, 3.8) is 0 Å². The number of hydrogen-bond donors (Lipinski definition) is 0. The van der Waals surface area contributed by atoms with Crippen LogP contribution in [0, 0.1) is 5.82 Å². The summed E-state index contributed by atoms with van der Waals surface area (Å²) in [6.45, 7) is 0. The lowest BCUT2D eigenvalue weighted by atomic mass is 10.1. The monoisotopic (exact) mass is 326 g/mol. The molecule has 0 fully saturated rings. The number of aromatic nitrogens is 2. The Morgan fingerprint density at radius 3 is 2.60 bits per heavy atom. The summed E-state index contributed by atoms with van der Waals surface area (Å²) in [4.78, 5) is 0. The summed E-state index contributed by atoms with van der Waals surface area (Å²) in [5.74, 6) is -0.555. The average molecular weight is 328 g/mol. The lowest BCUT2D eigenvalue weighted by Gasteiger charge is -2.03. The molecule has 0 amide bonds. The van der Waals surface area contributed by atoms with Crippen LogP contribution in [0.1, 0.15) is 0 Å². The van der Waals surface area contributed by atoms with Crippen LogP contribution >= 0.6 is 50.9 Å². The van der Waals surface area contributed by atoms with Gasteiger partial charge in [0.05, 0.1) is 16.8 Å². The number of halogens is 4. The molecule has 0 radical (unpaired) electrons. The van der Waals surface area contributed by atoms with Crippen molar-refractivity contribution in [1.82, 2.24) is 8.75 Å². The third-order valence-electron chi connectivity index (χ3n) is 1.74. The molecule has 0 aliphatic heterocycles. The first-order chi connectivity index (χ1) is 7.11. The molecule has 0 spiro atoms. The fourth-order valence-corrected chi connectivity index (χ4v) is 2.27. The molecule has 1 aromatic heterocycles. The fraction of sp³-hybridized carbons (Fsp3) is 0. The van der Waals surface area contributed by atoms with Crippen LogP contribution in [0.5, 0.6) is 0 Å². The molecule has 0 aliphatic rings. The Kier molecular flexibility index (Phi) is 3.25. The number of hydrogen-bond acceptors (Lipinski definition) is 3. The lowest BCUT2D eigenvalue weighted by molar-refractivity contribution is 0.630. The van der Waals surface area contributed by atoms with Crippen molar-refractivity contribution in [2.24, 2.45) is 0 Å². The highest BCUT2D eigenvalue weighted by Gasteiger charge is 2.16. The van der Waals surface area contributed by atoms with Crippen LogP contribution in [-0.4, -0.2) is 8.75 Å². The lowest BCUT2D eigenvalue weighted by Crippen LogP contribution is -1.87. The summed E-state index contributed by atoms with van der Waals surface area (Å²) >= 11 is 15.5. The van der Waals surface area contributed by atoms with Crippen molar-refractivity contribution in [2.75, 3.05) is 0 Å². The van der Waals surface area contributed by atoms with E-state index in [0.717, 1.165) is 11.7 Å². The van der Waals surface area contributed by atoms with Gasteiger partial charge in [0.2, 0.25) is 0 Å². The predicted octanol–water partition coefficient (Wildman–Crippen LogP) is 4.41. The van der Waals surface area contributed by atoms with E-state index in [-0.39, 0.29) is 15.7 Å². The topological polar surface area (TPSA) is 25.8 Å². The average Bonchev–Trinajstić information content (AvgIpc) is 2.62. The normalized spacial score (nSPS) is 10.7. The van der Waals surface area contributed by atoms with Crippen molar-refractivity contribution >= 4 is 50.9 Å². The van der Waals surface area contributed by atoms with Gasteiger partial charge in [0.1, 0.15) is 5.69 Å². The summed E-state index contributed by atoms with van der Waals surface area (Å²) in [5.41, 5.74) is 0.565. The Balaban J connectivity index is 2.65. The molecule has 0 bridgehead atoms. The van der Waals surface area contributed by atoms with Gasteiger partial charge < -0.3 is 0 Å². The van der Waals surface area contributed by atoms with Gasteiger partial charge in [-0.1, -0.05) is 23.2 Å². The quantitative estimate of drug-likeness (QED) is 0.725. The van der Waals surface area contributed by atoms with Gasteiger partial charge in [0.25, 0.3) is 0 Å². The number of benzene rings is 1. The molecule has 1 heterocycles. The fourth-order valence-electron chi connectivity index (χ4n) is 1.05. The van der Waals surface area contributed by atoms with Crippen molar-refractivity contribution in [2.45, 2.75) is 0 Å². The first-order valence-electron chi connectivity index (χ1n) is 3.73. The molecule has 0 aliphatic carbocycles. The van der Waals surface area contributed by atoms with Crippen molar-refractivity contribution in [1.29, 1.82) is 0 Å². The molecular formula is C8H2BrCl2FN2S. The van der Waals surface area contributed by atoms with Crippen LogP contribution in [0.3, 0.4) is 0 Å². The molecule has 0 atom stereocenters. The molecular weight excluding hydrogens is 326 g/mol. The van der Waals surface area contributed by atoms with Gasteiger partial charge in [-0.2, -0.15) is 8.75 Å². The molecule has 0 N–H and O–H groups in total. The maximum Gasteiger partial charge on any atom is 0.170 e. The zero-order valence-corrected chi connectivity index (χ0v) is 10.9. The second-order valence-electron chi connectivity index (χ2n) is 2.63. The van der Waals surface area contributed by atoms with E-state index in [9.17, 15) is 4.39 Å². The minimum absolute atomic E-state index is 0.0107. The van der Waals surface area contributed by atoms with Crippen LogP contribution in [0.4, 0.5) is 4.39 Å². The van der Waals surface area contributed by atoms with E-state index in [2.05, 4.69) is 24.7 Å². The van der Waals surface area contributed by atoms with E-state index < -0.39 is 5.82 Å². The first kappa shape index (κ1) is 11.3. The Morgan fingerprint density at radius 1 is 1.27 bits per heavy atom. The third-order valence-corrected chi connectivity index (χ3v) is 3.89. The summed E-state index contributed by atoms with van der Waals surface area (Å²) in [5, 5.41) is 0.189. The molecule has 0 unspecified atom stereocenters. The van der Waals surface area contributed by atoms with Crippen LogP contribution in [0.2, 0.25) is 10.2 Å². The van der Waals surface area contributed by atoms with Crippen LogP contribution in [-0.2, 0) is 0 Å². The molecule has 0 saturated heterocycles. The van der Waals surface area contributed by atoms with Gasteiger partial charge in [0.15, 0.2) is 11.0 Å². The van der Waals surface area contributed by atoms with Gasteiger partial charge in [-0.05, 0) is 28.1 Å². The molecule has 2 aromatic rings. The second kappa shape index (κ2) is 4.33. The Morgan fingerprint density at radius 2 is 2.00 bits per heavy atom. The number of rotatable bonds is 1. The minimum atomic E-state index is -0.555. The van der Waals surface area contributed by atoms with Crippen molar-refractivity contribution < 1.29 is 4.39 Å². The molecule has 0 saturated carbocycles. The van der Waals surface area contributed by atoms with E-state index >= 15 is 0 Å². The highest BCUT2D eigenvalue weighted by molar-refractivity contribution is 9.10. The van der Waals surface area contributed by atoms with Crippen molar-refractivity contribution in [3.8, 4) is 11.3 Å². The van der Waals surface area contributed by atoms with Gasteiger partial charge in [-0.15, -0.1) is 0 Å². The molecule has 7 heteroatoms. The highest BCUT2D eigenvalue weighted by atomic mass is 79.9. The summed E-state index contributed by atoms with van der Waals surface area (Å²) in [6.07, 6.45) is 0. The SMILES string of the molecule is Fc1c(-c2nsnc2Cl)ccc(Br)c1Cl. The standard InChI is InChI=1S/C8H2BrCl2FN2S/c9-4-2-1-3(6(12)5(4)10)7-8(11)14-15-13-7/h1-2H. The van der Waals surface area contributed by atoms with Crippen LogP contribution in [0.25, 0.3) is 11.3 Å². The zero-order chi connectivity index (χ0) is 11.0. The van der Waals surface area contributed by atoms with Crippen molar-refractivity contribution in [3.05, 3.63) is 32.6 Å². The Hall–Kier alpha value is -0.230. The van der Waals surface area contributed by atoms with E-state index in [0.29, 0.717) is 10.2 Å². The molecule has 2 nitrogen and oxygen atoms in total. The summed E-state index contributed by atoms with van der Waals surface area (Å²) in [6, 6.07) is 3.18. The van der Waals surface area contributed by atoms with E-state index in [4.69, 9.17) is 23.2 Å². The van der Waals surface area contributed by atoms with E-state index in [1.165, 1.54) is 0 Å². The third kappa shape index (κ3) is 2.01. The Bertz CT molecular complexity index is 517. The number of nitrogens with zero attached hydrogens (tertiary/aromatic N) is 2. The maximum absolute atomic E-state index is 13.7. The maximum atomic E-state index is 13.7. The summed E-state index contributed by atoms with van der Waals surface area (Å²) < 4.78 is 21.9. The van der Waals surface area contributed by atoms with E-state index in [1.807, 2.05) is 0 Å². The van der Waals surface area contributed by atoms with E-state index in [1.54, 1.807) is 12.1 Å². The molecule has 2 rings (SSSR count). The molecule has 78 valence electrons. The van der Waals surface area contributed by atoms with Gasteiger partial charge in [-0.25, -0.2) is 4.39 Å². The second-order valence-corrected chi connectivity index (χ2v) is 4.75. The first-order valence-corrected chi connectivity index (χ1v) is 6.01. The van der Waals surface area contributed by atoms with Gasteiger partial charge in [0, 0.05) is 10.0 Å². The predicted molar refractivity (Wildman–Crippen MR) is 63.0 cm³/mol. The smallest absolute Gasteiger partial charge is 0.170 e. The van der Waals surface area contributed by atoms with Crippen LogP contribution < -0.4 is 0 Å². The zero-order valence-electron chi connectivity index (χ0n) is 6.97. The largest absolute Gasteiger partial charge is 0.205 e. The van der Waals surface area contributed by atoms with Crippen LogP contribution in [0.15, 0.2) is 16.6 Å². The highest BCUT2D eigenvalue weighted by Crippen LogP contribution is 2.34. The summed E-state index contributed by atoms with van der Waals surface area (Å²) in [7, 11) is 0. The minimum Gasteiger partial charge on any atom is -0.205 e. The van der Waals surface area contributed by atoms with Gasteiger partial charge in [-0.3, -0.25) is 0 Å². The molecule has 1 aromatic carbocycles.